The molecule has 2 N–H and O–H groups in total. The number of pyridine rings is 2. The minimum atomic E-state index is -4.57. The molecule has 0 spiro atoms. The number of nitrogens with two attached hydrogens (primary N) is 1. The second kappa shape index (κ2) is 9.18. The number of amidine groups is 1. The van der Waals surface area contributed by atoms with Crippen LogP contribution in [0.5, 0.6) is 0 Å². The van der Waals surface area contributed by atoms with Crippen LogP contribution >= 0.6 is 0 Å². The highest BCUT2D eigenvalue weighted by Crippen LogP contribution is 2.31. The number of aromatic nitrogens is 4. The number of hydrogen-bond acceptors (Lipinski definition) is 6. The van der Waals surface area contributed by atoms with Gasteiger partial charge in [0, 0.05) is 18.0 Å². The molecule has 0 fully saturated rings. The van der Waals surface area contributed by atoms with Crippen LogP contribution in [0.3, 0.4) is 0 Å². The predicted molar refractivity (Wildman–Crippen MR) is 120 cm³/mol. The molecule has 0 saturated carbocycles. The van der Waals surface area contributed by atoms with Crippen molar-refractivity contribution < 1.29 is 18.0 Å². The molecule has 0 unspecified atom stereocenters. The van der Waals surface area contributed by atoms with Gasteiger partial charge in [0.05, 0.1) is 23.1 Å². The van der Waals surface area contributed by atoms with Crippen LogP contribution in [0.25, 0.3) is 22.4 Å². The van der Waals surface area contributed by atoms with E-state index in [4.69, 9.17) is 5.73 Å². The molecule has 0 aliphatic rings. The first-order valence-electron chi connectivity index (χ1n) is 9.98. The van der Waals surface area contributed by atoms with Gasteiger partial charge in [-0.3, -0.25) is 14.8 Å². The summed E-state index contributed by atoms with van der Waals surface area (Å²) in [4.78, 5) is 23.6. The Kier molecular flexibility index (Phi) is 6.13. The van der Waals surface area contributed by atoms with Gasteiger partial charge in [-0.25, -0.2) is 4.99 Å². The molecule has 4 rings (SSSR count). The number of rotatable bonds is 5. The standard InChI is InChI=1S/C24H17F3N6O/c1-14-2-3-18(32-23(28)22-10-17(12-31-33-22)24(25,26)27)11-20(14)15-4-7-30-21(9-15)16-5-6-29-19(8-16)13-34/h2-13H,1H3,(H2,28,32). The Morgan fingerprint density at radius 3 is 2.53 bits per heavy atom. The Morgan fingerprint density at radius 2 is 1.76 bits per heavy atom. The third kappa shape index (κ3) is 4.96. The third-order valence-electron chi connectivity index (χ3n) is 4.98. The fraction of sp³-hybridized carbons (Fsp3) is 0.0833. The molecule has 0 saturated heterocycles. The fourth-order valence-corrected chi connectivity index (χ4v) is 3.26. The van der Waals surface area contributed by atoms with E-state index in [1.54, 1.807) is 30.5 Å². The molecular formula is C24H17F3N6O. The van der Waals surface area contributed by atoms with E-state index in [2.05, 4.69) is 25.2 Å². The maximum absolute atomic E-state index is 13.0. The van der Waals surface area contributed by atoms with E-state index in [0.29, 0.717) is 29.6 Å². The normalized spacial score (nSPS) is 11.9. The van der Waals surface area contributed by atoms with Crippen molar-refractivity contribution >= 4 is 17.8 Å². The van der Waals surface area contributed by atoms with Gasteiger partial charge in [-0.1, -0.05) is 6.07 Å². The molecule has 0 amide bonds. The molecule has 0 aliphatic heterocycles. The maximum atomic E-state index is 13.0. The minimum absolute atomic E-state index is 0.174. The molecule has 3 heterocycles. The molecular weight excluding hydrogens is 445 g/mol. The van der Waals surface area contributed by atoms with Crippen LogP contribution in [0.1, 0.15) is 27.3 Å². The third-order valence-corrected chi connectivity index (χ3v) is 4.98. The molecule has 3 aromatic heterocycles. The van der Waals surface area contributed by atoms with Gasteiger partial charge in [0.25, 0.3) is 0 Å². The van der Waals surface area contributed by atoms with Gasteiger partial charge in [0.15, 0.2) is 12.1 Å². The number of hydrogen-bond donors (Lipinski definition) is 1. The van der Waals surface area contributed by atoms with Gasteiger partial charge in [-0.2, -0.15) is 18.3 Å². The van der Waals surface area contributed by atoms with Gasteiger partial charge in [-0.15, -0.1) is 5.10 Å². The summed E-state index contributed by atoms with van der Waals surface area (Å²) in [6, 6.07) is 13.2. The Labute approximate surface area is 192 Å². The van der Waals surface area contributed by atoms with Crippen molar-refractivity contribution in [3.05, 3.63) is 89.6 Å². The molecule has 0 bridgehead atoms. The Bertz CT molecular complexity index is 1400. The summed E-state index contributed by atoms with van der Waals surface area (Å²) >= 11 is 0. The summed E-state index contributed by atoms with van der Waals surface area (Å²) in [5.74, 6) is -0.193. The average molecular weight is 462 g/mol. The second-order valence-corrected chi connectivity index (χ2v) is 7.34. The van der Waals surface area contributed by atoms with Crippen LogP contribution in [-0.4, -0.2) is 32.3 Å². The number of benzene rings is 1. The van der Waals surface area contributed by atoms with Crippen molar-refractivity contribution in [2.45, 2.75) is 13.1 Å². The summed E-state index contributed by atoms with van der Waals surface area (Å²) in [7, 11) is 0. The zero-order chi connectivity index (χ0) is 24.3. The zero-order valence-corrected chi connectivity index (χ0v) is 17.8. The minimum Gasteiger partial charge on any atom is -0.382 e. The Morgan fingerprint density at radius 1 is 1.00 bits per heavy atom. The van der Waals surface area contributed by atoms with E-state index >= 15 is 0 Å². The number of carbonyl (C=O) groups excluding carboxylic acids is 1. The van der Waals surface area contributed by atoms with Crippen LogP contribution < -0.4 is 5.73 Å². The van der Waals surface area contributed by atoms with E-state index in [-0.39, 0.29) is 11.5 Å². The van der Waals surface area contributed by atoms with Gasteiger partial charge < -0.3 is 5.73 Å². The Hall–Kier alpha value is -4.47. The summed E-state index contributed by atoms with van der Waals surface area (Å²) in [6.45, 7) is 1.92. The first-order chi connectivity index (χ1) is 16.2. The largest absolute Gasteiger partial charge is 0.418 e. The summed E-state index contributed by atoms with van der Waals surface area (Å²) in [5.41, 5.74) is 9.51. The van der Waals surface area contributed by atoms with Gasteiger partial charge >= 0.3 is 6.18 Å². The van der Waals surface area contributed by atoms with Crippen LogP contribution in [0.4, 0.5) is 18.9 Å². The van der Waals surface area contributed by atoms with E-state index in [1.165, 1.54) is 6.20 Å². The van der Waals surface area contributed by atoms with Crippen LogP contribution in [-0.2, 0) is 6.18 Å². The van der Waals surface area contributed by atoms with Crippen LogP contribution in [0.2, 0.25) is 0 Å². The van der Waals surface area contributed by atoms with Gasteiger partial charge in [-0.05, 0) is 66.1 Å². The summed E-state index contributed by atoms with van der Waals surface area (Å²) in [5, 5.41) is 7.04. The maximum Gasteiger partial charge on any atom is 0.418 e. The highest BCUT2D eigenvalue weighted by atomic mass is 19.4. The molecule has 1 aromatic carbocycles. The number of alkyl halides is 3. The average Bonchev–Trinajstić information content (AvgIpc) is 2.85. The van der Waals surface area contributed by atoms with Crippen molar-refractivity contribution in [3.63, 3.8) is 0 Å². The second-order valence-electron chi connectivity index (χ2n) is 7.34. The highest BCUT2D eigenvalue weighted by Gasteiger charge is 2.31. The lowest BCUT2D eigenvalue weighted by atomic mass is 9.99. The van der Waals surface area contributed by atoms with Crippen LogP contribution in [0, 0.1) is 6.92 Å². The van der Waals surface area contributed by atoms with E-state index in [1.807, 2.05) is 25.1 Å². The lowest BCUT2D eigenvalue weighted by Gasteiger charge is -2.10. The monoisotopic (exact) mass is 462 g/mol. The molecule has 0 atom stereocenters. The molecule has 0 radical (unpaired) electrons. The first-order valence-corrected chi connectivity index (χ1v) is 9.98. The van der Waals surface area contributed by atoms with E-state index in [0.717, 1.165) is 28.3 Å². The molecule has 10 heteroatoms. The highest BCUT2D eigenvalue weighted by molar-refractivity contribution is 5.97. The van der Waals surface area contributed by atoms with Crippen molar-refractivity contribution in [1.29, 1.82) is 0 Å². The SMILES string of the molecule is Cc1ccc(N=C(N)c2cc(C(F)(F)F)cnn2)cc1-c1ccnc(-c2ccnc(C=O)c2)c1. The van der Waals surface area contributed by atoms with Crippen molar-refractivity contribution in [2.75, 3.05) is 0 Å². The van der Waals surface area contributed by atoms with Gasteiger partial charge in [0.2, 0.25) is 0 Å². The smallest absolute Gasteiger partial charge is 0.382 e. The molecule has 0 aliphatic carbocycles. The quantitative estimate of drug-likeness (QED) is 0.260. The Balaban J connectivity index is 1.70. The zero-order valence-electron chi connectivity index (χ0n) is 17.8. The van der Waals surface area contributed by atoms with E-state index < -0.39 is 11.7 Å². The molecule has 4 aromatic rings. The molecule has 7 nitrogen and oxygen atoms in total. The van der Waals surface area contributed by atoms with Crippen molar-refractivity contribution in [3.8, 4) is 22.4 Å². The van der Waals surface area contributed by atoms with Crippen molar-refractivity contribution in [2.24, 2.45) is 10.7 Å². The molecule has 34 heavy (non-hydrogen) atoms. The number of carbonyl (C=O) groups is 1. The first kappa shape index (κ1) is 22.7. The van der Waals surface area contributed by atoms with E-state index in [9.17, 15) is 18.0 Å². The predicted octanol–water partition coefficient (Wildman–Crippen LogP) is 4.78. The molecule has 170 valence electrons. The summed E-state index contributed by atoms with van der Waals surface area (Å²) in [6.07, 6.45) is -0.0930. The number of aryl methyl sites for hydroxylation is 1. The topological polar surface area (TPSA) is 107 Å². The van der Waals surface area contributed by atoms with Crippen LogP contribution in [0.15, 0.2) is 72.1 Å². The summed E-state index contributed by atoms with van der Waals surface area (Å²) < 4.78 is 38.9. The number of aliphatic imine (C=N–C) groups is 1. The number of halogens is 3. The lowest BCUT2D eigenvalue weighted by Crippen LogP contribution is -2.17. The van der Waals surface area contributed by atoms with Crippen molar-refractivity contribution in [1.82, 2.24) is 20.2 Å². The number of nitrogens with zero attached hydrogens (tertiary/aromatic N) is 5. The fourth-order valence-electron chi connectivity index (χ4n) is 3.26. The van der Waals surface area contributed by atoms with Gasteiger partial charge in [0.1, 0.15) is 11.4 Å². The number of aldehydes is 1. The lowest BCUT2D eigenvalue weighted by molar-refractivity contribution is -0.137.